The van der Waals surface area contributed by atoms with Crippen LogP contribution in [0.4, 0.5) is 11.4 Å². The van der Waals surface area contributed by atoms with Crippen molar-refractivity contribution in [3.8, 4) is 0 Å². The molecule has 2 aromatic carbocycles. The zero-order valence-electron chi connectivity index (χ0n) is 14.3. The molecule has 1 aliphatic heterocycles. The Labute approximate surface area is 155 Å². The van der Waals surface area contributed by atoms with Gasteiger partial charge < -0.3 is 0 Å². The van der Waals surface area contributed by atoms with Crippen molar-refractivity contribution in [2.45, 2.75) is 19.3 Å². The van der Waals surface area contributed by atoms with Crippen LogP contribution in [0.3, 0.4) is 0 Å². The van der Waals surface area contributed by atoms with Crippen LogP contribution >= 0.6 is 0 Å². The van der Waals surface area contributed by atoms with Gasteiger partial charge in [-0.25, -0.2) is 16.8 Å². The zero-order valence-corrected chi connectivity index (χ0v) is 16.0. The van der Waals surface area contributed by atoms with Crippen molar-refractivity contribution in [1.29, 1.82) is 0 Å². The van der Waals surface area contributed by atoms with Crippen molar-refractivity contribution >= 4 is 31.4 Å². The summed E-state index contributed by atoms with van der Waals surface area (Å²) in [6.07, 6.45) is 1.78. The first-order chi connectivity index (χ1) is 12.4. The fourth-order valence-corrected chi connectivity index (χ4v) is 5.66. The fourth-order valence-electron chi connectivity index (χ4n) is 3.00. The Morgan fingerprint density at radius 3 is 2.50 bits per heavy atom. The maximum absolute atomic E-state index is 12.3. The lowest BCUT2D eigenvalue weighted by Crippen LogP contribution is -2.25. The minimum atomic E-state index is -3.49. The first kappa shape index (κ1) is 18.7. The average molecular weight is 395 g/mol. The number of aryl methyl sites for hydroxylation is 1. The number of rotatable bonds is 7. The molecule has 0 unspecified atom stereocenters. The number of benzene rings is 2. The van der Waals surface area contributed by atoms with Gasteiger partial charge in [0.05, 0.1) is 22.9 Å². The monoisotopic (exact) mass is 394 g/mol. The highest BCUT2D eigenvalue weighted by Gasteiger charge is 2.28. The quantitative estimate of drug-likeness (QED) is 0.782. The van der Waals surface area contributed by atoms with E-state index >= 15 is 0 Å². The molecule has 0 bridgehead atoms. The normalized spacial score (nSPS) is 16.5. The Morgan fingerprint density at radius 2 is 1.81 bits per heavy atom. The summed E-state index contributed by atoms with van der Waals surface area (Å²) < 4.78 is 52.5. The lowest BCUT2D eigenvalue weighted by molar-refractivity contribution is 0.597. The second-order valence-electron chi connectivity index (χ2n) is 6.30. The third kappa shape index (κ3) is 4.76. The molecular formula is C18H22N2O4S2. The highest BCUT2D eigenvalue weighted by atomic mass is 32.2. The predicted molar refractivity (Wildman–Crippen MR) is 104 cm³/mol. The molecule has 140 valence electrons. The van der Waals surface area contributed by atoms with Crippen LogP contribution in [-0.2, 0) is 26.5 Å². The molecule has 1 N–H and O–H groups in total. The molecular weight excluding hydrogens is 372 g/mol. The maximum Gasteiger partial charge on any atom is 0.235 e. The van der Waals surface area contributed by atoms with Crippen LogP contribution in [0.15, 0.2) is 54.6 Å². The summed E-state index contributed by atoms with van der Waals surface area (Å²) in [5.74, 6) is 0.135. The van der Waals surface area contributed by atoms with Gasteiger partial charge in [-0.15, -0.1) is 0 Å². The summed E-state index contributed by atoms with van der Waals surface area (Å²) >= 11 is 0. The molecule has 1 fully saturated rings. The van der Waals surface area contributed by atoms with E-state index < -0.39 is 20.0 Å². The molecule has 2 aromatic rings. The van der Waals surface area contributed by atoms with Gasteiger partial charge in [0, 0.05) is 6.54 Å². The minimum Gasteiger partial charge on any atom is -0.283 e. The first-order valence-corrected chi connectivity index (χ1v) is 11.8. The largest absolute Gasteiger partial charge is 0.283 e. The van der Waals surface area contributed by atoms with E-state index in [4.69, 9.17) is 0 Å². The van der Waals surface area contributed by atoms with Gasteiger partial charge in [-0.05, 0) is 43.0 Å². The second-order valence-corrected chi connectivity index (χ2v) is 10.2. The molecule has 0 aliphatic carbocycles. The molecule has 8 heteroatoms. The van der Waals surface area contributed by atoms with Crippen LogP contribution in [0.5, 0.6) is 0 Å². The van der Waals surface area contributed by atoms with Crippen LogP contribution in [0.1, 0.15) is 18.4 Å². The molecule has 26 heavy (non-hydrogen) atoms. The molecule has 1 heterocycles. The van der Waals surface area contributed by atoms with E-state index in [0.29, 0.717) is 37.2 Å². The smallest absolute Gasteiger partial charge is 0.235 e. The predicted octanol–water partition coefficient (Wildman–Crippen LogP) is 2.60. The van der Waals surface area contributed by atoms with Gasteiger partial charge in [0.15, 0.2) is 0 Å². The van der Waals surface area contributed by atoms with Gasteiger partial charge in [0.2, 0.25) is 20.0 Å². The van der Waals surface area contributed by atoms with E-state index in [9.17, 15) is 16.8 Å². The van der Waals surface area contributed by atoms with Gasteiger partial charge in [-0.1, -0.05) is 36.4 Å². The maximum atomic E-state index is 12.3. The second kappa shape index (κ2) is 7.67. The van der Waals surface area contributed by atoms with Gasteiger partial charge in [0.25, 0.3) is 0 Å². The average Bonchev–Trinajstić information content (AvgIpc) is 2.95. The molecule has 1 aliphatic rings. The van der Waals surface area contributed by atoms with E-state index in [1.807, 2.05) is 30.3 Å². The van der Waals surface area contributed by atoms with Crippen LogP contribution in [0.2, 0.25) is 0 Å². The van der Waals surface area contributed by atoms with E-state index in [2.05, 4.69) is 4.72 Å². The minimum absolute atomic E-state index is 0.00807. The SMILES string of the molecule is O=S(=O)(CCCc1ccccc1)Nc1cccc(N2CCCS2(=O)=O)c1. The van der Waals surface area contributed by atoms with E-state index in [0.717, 1.165) is 5.56 Å². The van der Waals surface area contributed by atoms with Crippen molar-refractivity contribution in [2.75, 3.05) is 27.1 Å². The third-order valence-electron chi connectivity index (χ3n) is 4.23. The number of hydrogen-bond acceptors (Lipinski definition) is 4. The Kier molecular flexibility index (Phi) is 5.52. The summed E-state index contributed by atoms with van der Waals surface area (Å²) in [6.45, 7) is 0.426. The standard InChI is InChI=1S/C18H22N2O4S2/c21-25(22,13-5-9-16-7-2-1-3-8-16)19-17-10-4-11-18(15-17)20-12-6-14-26(20,23)24/h1-4,7-8,10-11,15,19H,5-6,9,12-14H2. The van der Waals surface area contributed by atoms with Crippen LogP contribution in [0.25, 0.3) is 0 Å². The molecule has 1 saturated heterocycles. The fraction of sp³-hybridized carbons (Fsp3) is 0.333. The molecule has 0 spiro atoms. The third-order valence-corrected chi connectivity index (χ3v) is 7.47. The molecule has 0 radical (unpaired) electrons. The van der Waals surface area contributed by atoms with E-state index in [-0.39, 0.29) is 11.5 Å². The molecule has 6 nitrogen and oxygen atoms in total. The first-order valence-electron chi connectivity index (χ1n) is 8.51. The zero-order chi connectivity index (χ0) is 18.6. The summed E-state index contributed by atoms with van der Waals surface area (Å²) in [5.41, 5.74) is 1.97. The van der Waals surface area contributed by atoms with Crippen molar-refractivity contribution in [3.63, 3.8) is 0 Å². The number of nitrogens with one attached hydrogen (secondary N) is 1. The highest BCUT2D eigenvalue weighted by Crippen LogP contribution is 2.26. The van der Waals surface area contributed by atoms with Gasteiger partial charge >= 0.3 is 0 Å². The van der Waals surface area contributed by atoms with Crippen molar-refractivity contribution < 1.29 is 16.8 Å². The molecule has 0 saturated carbocycles. The Hall–Kier alpha value is -2.06. The Balaban J connectivity index is 1.63. The summed E-state index contributed by atoms with van der Waals surface area (Å²) in [6, 6.07) is 16.3. The van der Waals surface area contributed by atoms with Crippen LogP contribution < -0.4 is 9.03 Å². The van der Waals surface area contributed by atoms with Crippen LogP contribution in [0, 0.1) is 0 Å². The lowest BCUT2D eigenvalue weighted by atomic mass is 10.1. The summed E-state index contributed by atoms with van der Waals surface area (Å²) in [4.78, 5) is 0. The number of sulfonamides is 2. The summed E-state index contributed by atoms with van der Waals surface area (Å²) in [7, 11) is -6.78. The van der Waals surface area contributed by atoms with E-state index in [1.54, 1.807) is 24.3 Å². The van der Waals surface area contributed by atoms with Gasteiger partial charge in [-0.3, -0.25) is 9.03 Å². The Bertz CT molecular complexity index is 958. The molecule has 0 aromatic heterocycles. The van der Waals surface area contributed by atoms with Crippen molar-refractivity contribution in [3.05, 3.63) is 60.2 Å². The van der Waals surface area contributed by atoms with Gasteiger partial charge in [0.1, 0.15) is 0 Å². The summed E-state index contributed by atoms with van der Waals surface area (Å²) in [5, 5.41) is 0. The lowest BCUT2D eigenvalue weighted by Gasteiger charge is -2.18. The number of hydrogen-bond donors (Lipinski definition) is 1. The van der Waals surface area contributed by atoms with Crippen molar-refractivity contribution in [1.82, 2.24) is 0 Å². The highest BCUT2D eigenvalue weighted by molar-refractivity contribution is 7.93. The van der Waals surface area contributed by atoms with E-state index in [1.165, 1.54) is 4.31 Å². The van der Waals surface area contributed by atoms with Gasteiger partial charge in [-0.2, -0.15) is 0 Å². The van der Waals surface area contributed by atoms with Crippen molar-refractivity contribution in [2.24, 2.45) is 0 Å². The molecule has 3 rings (SSSR count). The molecule has 0 atom stereocenters. The number of nitrogens with zero attached hydrogens (tertiary/aromatic N) is 1. The topological polar surface area (TPSA) is 83.6 Å². The molecule has 0 amide bonds. The Morgan fingerprint density at radius 1 is 1.04 bits per heavy atom. The number of anilines is 2. The van der Waals surface area contributed by atoms with Crippen LogP contribution in [-0.4, -0.2) is 34.9 Å².